The highest BCUT2D eigenvalue weighted by atomic mass is 16.5. The van der Waals surface area contributed by atoms with E-state index in [1.807, 2.05) is 24.3 Å². The van der Waals surface area contributed by atoms with Crippen molar-refractivity contribution < 1.29 is 14.3 Å². The molecule has 0 heterocycles. The first-order valence-corrected chi connectivity index (χ1v) is 6.43. The van der Waals surface area contributed by atoms with Crippen LogP contribution in [0.25, 0.3) is 0 Å². The van der Waals surface area contributed by atoms with Crippen LogP contribution < -0.4 is 14.8 Å². The van der Waals surface area contributed by atoms with E-state index in [9.17, 15) is 4.79 Å². The Labute approximate surface area is 107 Å². The van der Waals surface area contributed by atoms with Gasteiger partial charge in [0.2, 0.25) is 0 Å². The molecular weight excluding hydrogens is 230 g/mol. The van der Waals surface area contributed by atoms with E-state index in [1.54, 1.807) is 0 Å². The lowest BCUT2D eigenvalue weighted by Gasteiger charge is -2.08. The Hall–Kier alpha value is -1.71. The Morgan fingerprint density at radius 1 is 1.22 bits per heavy atom. The molecule has 1 aromatic rings. The zero-order valence-electron chi connectivity index (χ0n) is 10.6. The molecule has 1 aliphatic rings. The Bertz CT molecular complexity index is 385. The maximum absolute atomic E-state index is 11.4. The Morgan fingerprint density at radius 2 is 1.83 bits per heavy atom. The normalized spacial score (nSPS) is 14.1. The molecule has 0 atom stereocenters. The summed E-state index contributed by atoms with van der Waals surface area (Å²) in [5.41, 5.74) is 0. The van der Waals surface area contributed by atoms with Gasteiger partial charge >= 0.3 is 0 Å². The van der Waals surface area contributed by atoms with Gasteiger partial charge in [-0.3, -0.25) is 4.79 Å². The Kier molecular flexibility index (Phi) is 4.45. The van der Waals surface area contributed by atoms with Gasteiger partial charge in [-0.2, -0.15) is 0 Å². The molecule has 0 spiro atoms. The van der Waals surface area contributed by atoms with Crippen molar-refractivity contribution in [2.75, 3.05) is 13.2 Å². The lowest BCUT2D eigenvalue weighted by molar-refractivity contribution is -0.123. The molecule has 4 heteroatoms. The quantitative estimate of drug-likeness (QED) is 0.805. The van der Waals surface area contributed by atoms with Gasteiger partial charge in [0.1, 0.15) is 11.5 Å². The van der Waals surface area contributed by atoms with Crippen molar-refractivity contribution >= 4 is 5.91 Å². The first kappa shape index (κ1) is 12.7. The largest absolute Gasteiger partial charge is 0.494 e. The summed E-state index contributed by atoms with van der Waals surface area (Å²) < 4.78 is 10.9. The van der Waals surface area contributed by atoms with Crippen LogP contribution in [0.3, 0.4) is 0 Å². The number of carbonyl (C=O) groups is 1. The fraction of sp³-hybridized carbons (Fsp3) is 0.500. The summed E-state index contributed by atoms with van der Waals surface area (Å²) in [4.78, 5) is 11.4. The summed E-state index contributed by atoms with van der Waals surface area (Å²) in [5, 5.41) is 2.87. The van der Waals surface area contributed by atoms with Crippen molar-refractivity contribution in [2.45, 2.75) is 32.2 Å². The van der Waals surface area contributed by atoms with Crippen LogP contribution in [-0.4, -0.2) is 25.2 Å². The fourth-order valence-electron chi connectivity index (χ4n) is 1.50. The number of hydrogen-bond donors (Lipinski definition) is 1. The zero-order chi connectivity index (χ0) is 12.8. The molecule has 0 radical (unpaired) electrons. The maximum Gasteiger partial charge on any atom is 0.258 e. The Morgan fingerprint density at radius 3 is 2.39 bits per heavy atom. The van der Waals surface area contributed by atoms with Crippen LogP contribution in [0.2, 0.25) is 0 Å². The second-order valence-corrected chi connectivity index (χ2v) is 4.45. The van der Waals surface area contributed by atoms with Gasteiger partial charge in [0.05, 0.1) is 6.61 Å². The third kappa shape index (κ3) is 4.28. The van der Waals surface area contributed by atoms with Crippen LogP contribution in [0.1, 0.15) is 26.2 Å². The molecule has 1 amide bonds. The first-order chi connectivity index (χ1) is 8.78. The lowest BCUT2D eigenvalue weighted by Crippen LogP contribution is -2.30. The summed E-state index contributed by atoms with van der Waals surface area (Å²) >= 11 is 0. The molecule has 0 saturated heterocycles. The number of carbonyl (C=O) groups excluding carboxylic acids is 1. The summed E-state index contributed by atoms with van der Waals surface area (Å²) in [6, 6.07) is 7.71. The number of hydrogen-bond acceptors (Lipinski definition) is 3. The second-order valence-electron chi connectivity index (χ2n) is 4.45. The SMILES string of the molecule is CCCOc1ccc(OCC(=O)NC2CC2)cc1. The monoisotopic (exact) mass is 249 g/mol. The molecule has 0 aliphatic heterocycles. The van der Waals surface area contributed by atoms with Gasteiger partial charge < -0.3 is 14.8 Å². The van der Waals surface area contributed by atoms with Crippen molar-refractivity contribution in [3.8, 4) is 11.5 Å². The smallest absolute Gasteiger partial charge is 0.258 e. The van der Waals surface area contributed by atoms with Crippen LogP contribution in [0.15, 0.2) is 24.3 Å². The third-order valence-corrected chi connectivity index (χ3v) is 2.61. The van der Waals surface area contributed by atoms with Crippen molar-refractivity contribution in [3.63, 3.8) is 0 Å². The molecule has 1 aliphatic carbocycles. The predicted octanol–water partition coefficient (Wildman–Crippen LogP) is 2.13. The average molecular weight is 249 g/mol. The molecule has 1 N–H and O–H groups in total. The van der Waals surface area contributed by atoms with E-state index in [1.165, 1.54) is 0 Å². The highest BCUT2D eigenvalue weighted by Crippen LogP contribution is 2.19. The molecule has 0 aromatic heterocycles. The second kappa shape index (κ2) is 6.28. The summed E-state index contributed by atoms with van der Waals surface area (Å²) in [5.74, 6) is 1.46. The van der Waals surface area contributed by atoms with E-state index in [2.05, 4.69) is 12.2 Å². The van der Waals surface area contributed by atoms with E-state index in [0.717, 1.165) is 25.0 Å². The number of rotatable bonds is 7. The van der Waals surface area contributed by atoms with Gasteiger partial charge in [-0.15, -0.1) is 0 Å². The van der Waals surface area contributed by atoms with Crippen LogP contribution in [0, 0.1) is 0 Å². The minimum Gasteiger partial charge on any atom is -0.494 e. The summed E-state index contributed by atoms with van der Waals surface area (Å²) in [7, 11) is 0. The van der Waals surface area contributed by atoms with Crippen LogP contribution >= 0.6 is 0 Å². The van der Waals surface area contributed by atoms with E-state index in [-0.39, 0.29) is 12.5 Å². The van der Waals surface area contributed by atoms with Crippen molar-refractivity contribution in [1.82, 2.24) is 5.32 Å². The van der Waals surface area contributed by atoms with Crippen molar-refractivity contribution in [1.29, 1.82) is 0 Å². The molecule has 0 unspecified atom stereocenters. The molecule has 18 heavy (non-hydrogen) atoms. The first-order valence-electron chi connectivity index (χ1n) is 6.43. The molecule has 4 nitrogen and oxygen atoms in total. The molecule has 1 aromatic carbocycles. The molecule has 1 fully saturated rings. The zero-order valence-corrected chi connectivity index (χ0v) is 10.6. The minimum absolute atomic E-state index is 0.0520. The van der Waals surface area contributed by atoms with Gasteiger partial charge in [-0.25, -0.2) is 0 Å². The lowest BCUT2D eigenvalue weighted by atomic mass is 10.3. The van der Waals surface area contributed by atoms with E-state index in [0.29, 0.717) is 18.4 Å². The highest BCUT2D eigenvalue weighted by Gasteiger charge is 2.23. The molecular formula is C14H19NO3. The standard InChI is InChI=1S/C14H19NO3/c1-2-9-17-12-5-7-13(8-6-12)18-10-14(16)15-11-3-4-11/h5-8,11H,2-4,9-10H2,1H3,(H,15,16). The summed E-state index contributed by atoms with van der Waals surface area (Å²) in [6.07, 6.45) is 3.17. The van der Waals surface area contributed by atoms with Crippen LogP contribution in [-0.2, 0) is 4.79 Å². The Balaban J connectivity index is 1.73. The number of benzene rings is 1. The number of ether oxygens (including phenoxy) is 2. The molecule has 98 valence electrons. The summed E-state index contributed by atoms with van der Waals surface area (Å²) in [6.45, 7) is 2.85. The average Bonchev–Trinajstić information content (AvgIpc) is 3.19. The fourth-order valence-corrected chi connectivity index (χ4v) is 1.50. The highest BCUT2D eigenvalue weighted by molar-refractivity contribution is 5.78. The van der Waals surface area contributed by atoms with Crippen molar-refractivity contribution in [2.24, 2.45) is 0 Å². The van der Waals surface area contributed by atoms with Gasteiger partial charge in [0.15, 0.2) is 6.61 Å². The van der Waals surface area contributed by atoms with Gasteiger partial charge in [-0.05, 0) is 43.5 Å². The van der Waals surface area contributed by atoms with Crippen LogP contribution in [0.4, 0.5) is 0 Å². The van der Waals surface area contributed by atoms with Gasteiger partial charge in [-0.1, -0.05) is 6.92 Å². The number of amides is 1. The molecule has 1 saturated carbocycles. The van der Waals surface area contributed by atoms with Crippen LogP contribution in [0.5, 0.6) is 11.5 Å². The van der Waals surface area contributed by atoms with Gasteiger partial charge in [0, 0.05) is 6.04 Å². The minimum atomic E-state index is -0.0520. The van der Waals surface area contributed by atoms with Gasteiger partial charge in [0.25, 0.3) is 5.91 Å². The third-order valence-electron chi connectivity index (χ3n) is 2.61. The topological polar surface area (TPSA) is 47.6 Å². The molecule has 2 rings (SSSR count). The van der Waals surface area contributed by atoms with Crippen molar-refractivity contribution in [3.05, 3.63) is 24.3 Å². The van der Waals surface area contributed by atoms with E-state index in [4.69, 9.17) is 9.47 Å². The maximum atomic E-state index is 11.4. The predicted molar refractivity (Wildman–Crippen MR) is 68.9 cm³/mol. The van der Waals surface area contributed by atoms with E-state index < -0.39 is 0 Å². The molecule has 0 bridgehead atoms. The number of nitrogens with one attached hydrogen (secondary N) is 1. The van der Waals surface area contributed by atoms with E-state index >= 15 is 0 Å².